The lowest BCUT2D eigenvalue weighted by atomic mass is 9.80. The van der Waals surface area contributed by atoms with Crippen LogP contribution in [-0.4, -0.2) is 36.1 Å². The van der Waals surface area contributed by atoms with Crippen LogP contribution in [0.1, 0.15) is 64.7 Å². The predicted octanol–water partition coefficient (Wildman–Crippen LogP) is 3.73. The number of allylic oxidation sites excluding steroid dienone is 1. The topological polar surface area (TPSA) is 15.3 Å². The highest BCUT2D eigenvalue weighted by Gasteiger charge is 2.44. The highest BCUT2D eigenvalue weighted by molar-refractivity contribution is 5.04. The molecule has 1 saturated heterocycles. The molecule has 0 radical (unpaired) electrons. The summed E-state index contributed by atoms with van der Waals surface area (Å²) in [6.07, 6.45) is 17.6. The van der Waals surface area contributed by atoms with E-state index in [1.54, 1.807) is 0 Å². The fourth-order valence-electron chi connectivity index (χ4n) is 4.81. The van der Waals surface area contributed by atoms with Crippen molar-refractivity contribution < 1.29 is 0 Å². The van der Waals surface area contributed by atoms with Crippen LogP contribution in [0.4, 0.5) is 0 Å². The minimum Gasteiger partial charge on any atom is -0.311 e. The van der Waals surface area contributed by atoms with Crippen LogP contribution in [-0.2, 0) is 0 Å². The molecule has 1 unspecified atom stereocenters. The van der Waals surface area contributed by atoms with Gasteiger partial charge in [-0.3, -0.25) is 4.90 Å². The van der Waals surface area contributed by atoms with E-state index in [4.69, 9.17) is 0 Å². The predicted molar refractivity (Wildman–Crippen MR) is 86.0 cm³/mol. The first kappa shape index (κ1) is 14.6. The largest absolute Gasteiger partial charge is 0.311 e. The van der Waals surface area contributed by atoms with Gasteiger partial charge in [-0.05, 0) is 38.5 Å². The molecule has 2 heteroatoms. The molecule has 2 aliphatic carbocycles. The van der Waals surface area contributed by atoms with Crippen LogP contribution in [0.5, 0.6) is 0 Å². The second-order valence-electron chi connectivity index (χ2n) is 7.29. The molecular formula is C18H32N2. The fourth-order valence-corrected chi connectivity index (χ4v) is 4.81. The lowest BCUT2D eigenvalue weighted by molar-refractivity contribution is 0.0341. The van der Waals surface area contributed by atoms with Gasteiger partial charge >= 0.3 is 0 Å². The number of piperazine rings is 1. The fraction of sp³-hybridized carbons (Fsp3) is 0.889. The maximum atomic E-state index is 3.96. The minimum absolute atomic E-state index is 0.491. The third-order valence-corrected chi connectivity index (χ3v) is 6.10. The van der Waals surface area contributed by atoms with Gasteiger partial charge in [0.15, 0.2) is 0 Å². The van der Waals surface area contributed by atoms with Crippen LogP contribution in [0.25, 0.3) is 0 Å². The Morgan fingerprint density at radius 3 is 2.55 bits per heavy atom. The van der Waals surface area contributed by atoms with Gasteiger partial charge in [0.05, 0.1) is 0 Å². The molecule has 3 aliphatic rings. The molecule has 1 atom stereocenters. The zero-order valence-corrected chi connectivity index (χ0v) is 13.2. The van der Waals surface area contributed by atoms with Gasteiger partial charge < -0.3 is 5.32 Å². The molecular weight excluding hydrogens is 244 g/mol. The average molecular weight is 276 g/mol. The smallest absolute Gasteiger partial charge is 0.0338 e. The third-order valence-electron chi connectivity index (χ3n) is 6.10. The molecule has 0 aromatic carbocycles. The number of nitrogens with one attached hydrogen (secondary N) is 1. The molecule has 3 rings (SSSR count). The monoisotopic (exact) mass is 276 g/mol. The molecule has 3 fully saturated rings. The average Bonchev–Trinajstić information content (AvgIpc) is 2.97. The second kappa shape index (κ2) is 6.62. The number of rotatable bonds is 3. The zero-order chi connectivity index (χ0) is 13.8. The third kappa shape index (κ3) is 2.96. The Balaban J connectivity index is 1.66. The molecule has 1 N–H and O–H groups in total. The van der Waals surface area contributed by atoms with Crippen molar-refractivity contribution in [3.05, 3.63) is 12.2 Å². The van der Waals surface area contributed by atoms with Gasteiger partial charge in [-0.15, -0.1) is 0 Å². The first-order valence-electron chi connectivity index (χ1n) is 8.94. The van der Waals surface area contributed by atoms with E-state index in [0.29, 0.717) is 5.54 Å². The summed E-state index contributed by atoms with van der Waals surface area (Å²) in [6.45, 7) is 5.85. The quantitative estimate of drug-likeness (QED) is 0.790. The van der Waals surface area contributed by atoms with E-state index in [0.717, 1.165) is 12.0 Å². The highest BCUT2D eigenvalue weighted by atomic mass is 15.3. The van der Waals surface area contributed by atoms with Crippen LogP contribution < -0.4 is 5.32 Å². The Labute approximate surface area is 125 Å². The van der Waals surface area contributed by atoms with E-state index in [1.165, 1.54) is 77.4 Å². The lowest BCUT2D eigenvalue weighted by Gasteiger charge is -2.50. The van der Waals surface area contributed by atoms with Gasteiger partial charge in [-0.25, -0.2) is 0 Å². The van der Waals surface area contributed by atoms with Crippen molar-refractivity contribution in [1.82, 2.24) is 10.2 Å². The Morgan fingerprint density at radius 1 is 1.10 bits per heavy atom. The SMILES string of the molecule is C/C=C/CN1CC(C2CCCCC2)NCC12CCCC2. The summed E-state index contributed by atoms with van der Waals surface area (Å²) in [5.41, 5.74) is 0.491. The van der Waals surface area contributed by atoms with Crippen molar-refractivity contribution in [3.63, 3.8) is 0 Å². The molecule has 0 aromatic heterocycles. The minimum atomic E-state index is 0.491. The number of nitrogens with zero attached hydrogens (tertiary/aromatic N) is 1. The molecule has 114 valence electrons. The Morgan fingerprint density at radius 2 is 1.85 bits per heavy atom. The normalized spacial score (nSPS) is 32.4. The molecule has 0 amide bonds. The van der Waals surface area contributed by atoms with Crippen molar-refractivity contribution in [1.29, 1.82) is 0 Å². The van der Waals surface area contributed by atoms with E-state index < -0.39 is 0 Å². The highest BCUT2D eigenvalue weighted by Crippen LogP contribution is 2.38. The first-order chi connectivity index (χ1) is 9.84. The van der Waals surface area contributed by atoms with Crippen molar-refractivity contribution in [3.8, 4) is 0 Å². The molecule has 2 saturated carbocycles. The van der Waals surface area contributed by atoms with Gasteiger partial charge in [-0.1, -0.05) is 44.3 Å². The van der Waals surface area contributed by atoms with Crippen molar-refractivity contribution >= 4 is 0 Å². The summed E-state index contributed by atoms with van der Waals surface area (Å²) < 4.78 is 0. The van der Waals surface area contributed by atoms with Crippen LogP contribution >= 0.6 is 0 Å². The Kier molecular flexibility index (Phi) is 4.83. The zero-order valence-electron chi connectivity index (χ0n) is 13.2. The lowest BCUT2D eigenvalue weighted by Crippen LogP contribution is -2.65. The standard InChI is InChI=1S/C18H32N2/c1-2-3-13-20-14-17(16-9-5-4-6-10-16)19-15-18(20)11-7-8-12-18/h2-3,16-17,19H,4-15H2,1H3/b3-2+. The summed E-state index contributed by atoms with van der Waals surface area (Å²) in [6, 6.07) is 0.756. The van der Waals surface area contributed by atoms with Crippen molar-refractivity contribution in [2.75, 3.05) is 19.6 Å². The van der Waals surface area contributed by atoms with Crippen LogP contribution in [0.3, 0.4) is 0 Å². The van der Waals surface area contributed by atoms with E-state index in [9.17, 15) is 0 Å². The van der Waals surface area contributed by atoms with Gasteiger partial charge in [0.1, 0.15) is 0 Å². The second-order valence-corrected chi connectivity index (χ2v) is 7.29. The first-order valence-corrected chi connectivity index (χ1v) is 8.94. The summed E-state index contributed by atoms with van der Waals surface area (Å²) in [5.74, 6) is 0.940. The van der Waals surface area contributed by atoms with Gasteiger partial charge in [-0.2, -0.15) is 0 Å². The van der Waals surface area contributed by atoms with Gasteiger partial charge in [0.2, 0.25) is 0 Å². The molecule has 1 aliphatic heterocycles. The van der Waals surface area contributed by atoms with E-state index in [2.05, 4.69) is 29.3 Å². The van der Waals surface area contributed by atoms with Gasteiger partial charge in [0, 0.05) is 31.2 Å². The van der Waals surface area contributed by atoms with Crippen LogP contribution in [0.2, 0.25) is 0 Å². The number of hydrogen-bond donors (Lipinski definition) is 1. The Hall–Kier alpha value is -0.340. The maximum Gasteiger partial charge on any atom is 0.0338 e. The molecule has 1 spiro atoms. The molecule has 2 nitrogen and oxygen atoms in total. The van der Waals surface area contributed by atoms with Crippen LogP contribution in [0.15, 0.2) is 12.2 Å². The van der Waals surface area contributed by atoms with Crippen molar-refractivity contribution in [2.24, 2.45) is 5.92 Å². The number of hydrogen-bond acceptors (Lipinski definition) is 2. The van der Waals surface area contributed by atoms with E-state index in [1.807, 2.05) is 0 Å². The molecule has 20 heavy (non-hydrogen) atoms. The Bertz CT molecular complexity index is 324. The van der Waals surface area contributed by atoms with E-state index >= 15 is 0 Å². The molecule has 1 heterocycles. The molecule has 0 bridgehead atoms. The van der Waals surface area contributed by atoms with Crippen LogP contribution in [0, 0.1) is 5.92 Å². The summed E-state index contributed by atoms with van der Waals surface area (Å²) in [5, 5.41) is 3.96. The van der Waals surface area contributed by atoms with Gasteiger partial charge in [0.25, 0.3) is 0 Å². The van der Waals surface area contributed by atoms with E-state index in [-0.39, 0.29) is 0 Å². The van der Waals surface area contributed by atoms with Crippen molar-refractivity contribution in [2.45, 2.75) is 76.3 Å². The summed E-state index contributed by atoms with van der Waals surface area (Å²) in [4.78, 5) is 2.83. The molecule has 0 aromatic rings. The summed E-state index contributed by atoms with van der Waals surface area (Å²) in [7, 11) is 0. The maximum absolute atomic E-state index is 3.96. The summed E-state index contributed by atoms with van der Waals surface area (Å²) >= 11 is 0.